The first-order valence-corrected chi connectivity index (χ1v) is 12.8. The highest BCUT2D eigenvalue weighted by molar-refractivity contribution is 6.42. The third-order valence-electron chi connectivity index (χ3n) is 6.83. The quantitative estimate of drug-likeness (QED) is 0.584. The Labute approximate surface area is 207 Å². The molecule has 4 rings (SSSR count). The number of halogens is 2. The van der Waals surface area contributed by atoms with Crippen molar-refractivity contribution in [1.29, 1.82) is 0 Å². The zero-order chi connectivity index (χ0) is 23.0. The summed E-state index contributed by atoms with van der Waals surface area (Å²) >= 11 is 12.0. The molecule has 2 saturated heterocycles. The average molecular weight is 489 g/mol. The molecule has 2 aromatic rings. The lowest BCUT2D eigenvalue weighted by Crippen LogP contribution is -2.41. The van der Waals surface area contributed by atoms with E-state index in [1.807, 2.05) is 4.90 Å². The second-order valence-electron chi connectivity index (χ2n) is 9.22. The molecule has 5 nitrogen and oxygen atoms in total. The second-order valence-corrected chi connectivity index (χ2v) is 10.0. The van der Waals surface area contributed by atoms with E-state index >= 15 is 0 Å². The predicted molar refractivity (Wildman–Crippen MR) is 137 cm³/mol. The van der Waals surface area contributed by atoms with E-state index in [-0.39, 0.29) is 6.03 Å². The van der Waals surface area contributed by atoms with Gasteiger partial charge in [-0.1, -0.05) is 53.5 Å². The van der Waals surface area contributed by atoms with Crippen molar-refractivity contribution in [2.75, 3.05) is 57.7 Å². The van der Waals surface area contributed by atoms with E-state index < -0.39 is 0 Å². The fourth-order valence-electron chi connectivity index (χ4n) is 4.82. The molecule has 0 aliphatic carbocycles. The number of piperidine rings is 1. The molecule has 0 aromatic heterocycles. The highest BCUT2D eigenvalue weighted by Crippen LogP contribution is 2.25. The van der Waals surface area contributed by atoms with Crippen LogP contribution in [-0.4, -0.2) is 73.1 Å². The molecule has 0 spiro atoms. The highest BCUT2D eigenvalue weighted by Gasteiger charge is 2.24. The molecule has 2 amide bonds. The summed E-state index contributed by atoms with van der Waals surface area (Å²) in [6, 6.07) is 15.9. The van der Waals surface area contributed by atoms with Gasteiger partial charge in [-0.2, -0.15) is 0 Å². The third-order valence-corrected chi connectivity index (χ3v) is 7.57. The van der Waals surface area contributed by atoms with Crippen molar-refractivity contribution in [3.8, 4) is 0 Å². The van der Waals surface area contributed by atoms with Gasteiger partial charge in [-0.05, 0) is 75.0 Å². The molecule has 0 saturated carbocycles. The van der Waals surface area contributed by atoms with E-state index in [9.17, 15) is 4.79 Å². The number of hydrogen-bond acceptors (Lipinski definition) is 3. The van der Waals surface area contributed by atoms with Crippen molar-refractivity contribution < 1.29 is 4.79 Å². The molecule has 2 heterocycles. The number of benzene rings is 2. The number of nitrogens with one attached hydrogen (secondary N) is 1. The summed E-state index contributed by atoms with van der Waals surface area (Å²) < 4.78 is 0. The van der Waals surface area contributed by atoms with Crippen LogP contribution in [0.5, 0.6) is 0 Å². The summed E-state index contributed by atoms with van der Waals surface area (Å²) in [5, 5.41) is 3.89. The van der Waals surface area contributed by atoms with Crippen LogP contribution in [0.4, 0.5) is 10.5 Å². The Kier molecular flexibility index (Phi) is 8.90. The molecular weight excluding hydrogens is 455 g/mol. The zero-order valence-corrected chi connectivity index (χ0v) is 20.7. The zero-order valence-electron chi connectivity index (χ0n) is 19.2. The van der Waals surface area contributed by atoms with Gasteiger partial charge in [0.1, 0.15) is 0 Å². The fraction of sp³-hybridized carbons (Fsp3) is 0.500. The lowest BCUT2D eigenvalue weighted by molar-refractivity contribution is 0.146. The maximum Gasteiger partial charge on any atom is 0.321 e. The molecule has 7 heteroatoms. The van der Waals surface area contributed by atoms with Gasteiger partial charge in [0.15, 0.2) is 0 Å². The Morgan fingerprint density at radius 2 is 1.67 bits per heavy atom. The topological polar surface area (TPSA) is 38.8 Å². The lowest BCUT2D eigenvalue weighted by atomic mass is 9.95. The summed E-state index contributed by atoms with van der Waals surface area (Å²) in [5.41, 5.74) is 2.10. The van der Waals surface area contributed by atoms with E-state index in [1.54, 1.807) is 18.2 Å². The SMILES string of the molecule is O=C(Nc1ccc(Cl)c(Cl)c1)N1CCCN(CC2CCN(CCc3ccccc3)CC2)CC1. The van der Waals surface area contributed by atoms with Gasteiger partial charge in [0.25, 0.3) is 0 Å². The first-order chi connectivity index (χ1) is 16.1. The number of rotatable bonds is 6. The number of carbonyl (C=O) groups excluding carboxylic acids is 1. The summed E-state index contributed by atoms with van der Waals surface area (Å²) in [4.78, 5) is 19.8. The van der Waals surface area contributed by atoms with Crippen LogP contribution in [0.3, 0.4) is 0 Å². The van der Waals surface area contributed by atoms with Gasteiger partial charge in [-0.25, -0.2) is 4.79 Å². The van der Waals surface area contributed by atoms with Crippen LogP contribution >= 0.6 is 23.2 Å². The Hall–Kier alpha value is -1.79. The van der Waals surface area contributed by atoms with Crippen molar-refractivity contribution in [2.45, 2.75) is 25.7 Å². The van der Waals surface area contributed by atoms with E-state index in [0.717, 1.165) is 58.0 Å². The molecule has 0 atom stereocenters. The van der Waals surface area contributed by atoms with Gasteiger partial charge < -0.3 is 20.0 Å². The Morgan fingerprint density at radius 3 is 2.42 bits per heavy atom. The highest BCUT2D eigenvalue weighted by atomic mass is 35.5. The summed E-state index contributed by atoms with van der Waals surface area (Å²) in [6.45, 7) is 8.23. The Morgan fingerprint density at radius 1 is 0.879 bits per heavy atom. The molecule has 0 radical (unpaired) electrons. The molecule has 2 fully saturated rings. The Bertz CT molecular complexity index is 902. The molecule has 1 N–H and O–H groups in total. The molecule has 0 unspecified atom stereocenters. The van der Waals surface area contributed by atoms with Crippen LogP contribution in [0.25, 0.3) is 0 Å². The number of urea groups is 1. The summed E-state index contributed by atoms with van der Waals surface area (Å²) in [7, 11) is 0. The number of amides is 2. The number of likely N-dealkylation sites (tertiary alicyclic amines) is 1. The minimum absolute atomic E-state index is 0.0676. The Balaban J connectivity index is 1.17. The lowest BCUT2D eigenvalue weighted by Gasteiger charge is -2.34. The maximum absolute atomic E-state index is 12.7. The van der Waals surface area contributed by atoms with E-state index in [4.69, 9.17) is 23.2 Å². The molecule has 0 bridgehead atoms. The van der Waals surface area contributed by atoms with Crippen molar-refractivity contribution in [1.82, 2.24) is 14.7 Å². The van der Waals surface area contributed by atoms with Gasteiger partial charge in [0.05, 0.1) is 10.0 Å². The maximum atomic E-state index is 12.7. The standard InChI is InChI=1S/C26H34Cl2N4O/c27-24-8-7-23(19-25(24)28)29-26(33)32-13-4-12-31(17-18-32)20-22-10-15-30(16-11-22)14-9-21-5-2-1-3-6-21/h1-3,5-8,19,22H,4,9-18,20H2,(H,29,33). The van der Waals surface area contributed by atoms with Crippen molar-refractivity contribution in [3.63, 3.8) is 0 Å². The predicted octanol–water partition coefficient (Wildman–Crippen LogP) is 5.49. The van der Waals surface area contributed by atoms with Crippen LogP contribution in [0, 0.1) is 5.92 Å². The average Bonchev–Trinajstić information content (AvgIpc) is 3.07. The summed E-state index contributed by atoms with van der Waals surface area (Å²) in [6.07, 6.45) is 4.68. The van der Waals surface area contributed by atoms with Crippen molar-refractivity contribution >= 4 is 34.9 Å². The van der Waals surface area contributed by atoms with Crippen LogP contribution < -0.4 is 5.32 Å². The third kappa shape index (κ3) is 7.35. The number of anilines is 1. The monoisotopic (exact) mass is 488 g/mol. The van der Waals surface area contributed by atoms with Crippen LogP contribution in [-0.2, 0) is 6.42 Å². The van der Waals surface area contributed by atoms with Gasteiger partial charge in [0, 0.05) is 38.4 Å². The van der Waals surface area contributed by atoms with Crippen LogP contribution in [0.1, 0.15) is 24.8 Å². The molecule has 2 aliphatic heterocycles. The molecule has 2 aliphatic rings. The normalized spacial score (nSPS) is 18.8. The van der Waals surface area contributed by atoms with Gasteiger partial charge in [0.2, 0.25) is 0 Å². The van der Waals surface area contributed by atoms with E-state index in [2.05, 4.69) is 45.4 Å². The fourth-order valence-corrected chi connectivity index (χ4v) is 5.12. The molecule has 2 aromatic carbocycles. The first kappa shape index (κ1) is 24.3. The number of hydrogen-bond donors (Lipinski definition) is 1. The molecular formula is C26H34Cl2N4O. The number of carbonyl (C=O) groups is 1. The largest absolute Gasteiger partial charge is 0.323 e. The van der Waals surface area contributed by atoms with Crippen molar-refractivity contribution in [2.24, 2.45) is 5.92 Å². The van der Waals surface area contributed by atoms with E-state index in [0.29, 0.717) is 15.7 Å². The smallest absolute Gasteiger partial charge is 0.321 e. The van der Waals surface area contributed by atoms with Crippen LogP contribution in [0.2, 0.25) is 10.0 Å². The van der Waals surface area contributed by atoms with E-state index in [1.165, 1.54) is 31.5 Å². The van der Waals surface area contributed by atoms with Crippen LogP contribution in [0.15, 0.2) is 48.5 Å². The summed E-state index contributed by atoms with van der Waals surface area (Å²) in [5.74, 6) is 0.759. The van der Waals surface area contributed by atoms with Gasteiger partial charge in [-0.15, -0.1) is 0 Å². The van der Waals surface area contributed by atoms with Gasteiger partial charge in [-0.3, -0.25) is 0 Å². The minimum Gasteiger partial charge on any atom is -0.323 e. The molecule has 33 heavy (non-hydrogen) atoms. The van der Waals surface area contributed by atoms with Gasteiger partial charge >= 0.3 is 6.03 Å². The second kappa shape index (κ2) is 12.1. The molecule has 178 valence electrons. The number of nitrogens with zero attached hydrogens (tertiary/aromatic N) is 3. The first-order valence-electron chi connectivity index (χ1n) is 12.1. The van der Waals surface area contributed by atoms with Crippen molar-refractivity contribution in [3.05, 3.63) is 64.1 Å². The minimum atomic E-state index is -0.0676.